The number of anilines is 1. The van der Waals surface area contributed by atoms with Gasteiger partial charge in [-0.15, -0.1) is 11.3 Å². The van der Waals surface area contributed by atoms with E-state index in [0.717, 1.165) is 30.6 Å². The summed E-state index contributed by atoms with van der Waals surface area (Å²) in [5.41, 5.74) is 0.457. The molecule has 0 aromatic carbocycles. The third-order valence-corrected chi connectivity index (χ3v) is 6.43. The van der Waals surface area contributed by atoms with Gasteiger partial charge < -0.3 is 4.74 Å². The molecule has 1 aliphatic rings. The Morgan fingerprint density at radius 2 is 1.88 bits per heavy atom. The summed E-state index contributed by atoms with van der Waals surface area (Å²) in [5.74, 6) is 6.65. The van der Waals surface area contributed by atoms with E-state index in [0.29, 0.717) is 16.5 Å². The van der Waals surface area contributed by atoms with Crippen LogP contribution in [0.5, 0.6) is 0 Å². The number of thiophene rings is 1. The van der Waals surface area contributed by atoms with Crippen molar-refractivity contribution >= 4 is 51.8 Å². The number of nitrogens with zero attached hydrogens (tertiary/aromatic N) is 1. The van der Waals surface area contributed by atoms with Crippen molar-refractivity contribution in [3.8, 4) is 11.8 Å². The first-order chi connectivity index (χ1) is 12.1. The molecule has 6 heteroatoms. The minimum absolute atomic E-state index is 0.0256. The van der Waals surface area contributed by atoms with E-state index in [9.17, 15) is 9.59 Å². The van der Waals surface area contributed by atoms with Gasteiger partial charge in [-0.05, 0) is 58.4 Å². The van der Waals surface area contributed by atoms with Crippen molar-refractivity contribution in [1.29, 1.82) is 0 Å². The van der Waals surface area contributed by atoms with Crippen LogP contribution in [0.15, 0.2) is 6.07 Å². The number of carbonyl (C=O) groups excluding carboxylic acids is 2. The van der Waals surface area contributed by atoms with Gasteiger partial charge in [0.15, 0.2) is 0 Å². The zero-order chi connectivity index (χ0) is 19.5. The second-order valence-electron chi connectivity index (χ2n) is 7.89. The number of esters is 1. The molecule has 0 aliphatic heterocycles. The van der Waals surface area contributed by atoms with Crippen molar-refractivity contribution < 1.29 is 14.3 Å². The van der Waals surface area contributed by atoms with Crippen molar-refractivity contribution in [2.75, 3.05) is 10.2 Å². The molecule has 0 radical (unpaired) electrons. The molecule has 0 spiro atoms. The summed E-state index contributed by atoms with van der Waals surface area (Å²) in [5, 5.41) is 0. The maximum Gasteiger partial charge on any atom is 0.350 e. The summed E-state index contributed by atoms with van der Waals surface area (Å²) in [6.45, 7) is 8.34. The molecule has 0 unspecified atom stereocenters. The van der Waals surface area contributed by atoms with Crippen molar-refractivity contribution in [2.45, 2.75) is 53.4 Å². The Balaban J connectivity index is 2.30. The number of hydrogen-bond donors (Lipinski definition) is 0. The van der Waals surface area contributed by atoms with Crippen LogP contribution >= 0.6 is 34.2 Å². The molecule has 0 N–H and O–H groups in total. The SMILES string of the molecule is COC(=O)c1sc(C#CC(C)(C)C)cc1N(I)C(=O)C1CCC(C)CC1. The molecule has 26 heavy (non-hydrogen) atoms. The Hall–Kier alpha value is -1.07. The predicted octanol–water partition coefficient (Wildman–Crippen LogP) is 5.44. The third-order valence-electron chi connectivity index (χ3n) is 4.41. The van der Waals surface area contributed by atoms with Crippen LogP contribution in [0.2, 0.25) is 0 Å². The fraction of sp³-hybridized carbons (Fsp3) is 0.600. The zero-order valence-electron chi connectivity index (χ0n) is 16.0. The van der Waals surface area contributed by atoms with Crippen LogP contribution in [0, 0.1) is 29.1 Å². The fourth-order valence-electron chi connectivity index (χ4n) is 2.86. The molecule has 142 valence electrons. The summed E-state index contributed by atoms with van der Waals surface area (Å²) in [4.78, 5) is 26.3. The first kappa shape index (κ1) is 21.2. The summed E-state index contributed by atoms with van der Waals surface area (Å²) in [6, 6.07) is 1.82. The van der Waals surface area contributed by atoms with E-state index >= 15 is 0 Å². The Morgan fingerprint density at radius 3 is 2.42 bits per heavy atom. The smallest absolute Gasteiger partial charge is 0.350 e. The molecule has 1 aromatic heterocycles. The largest absolute Gasteiger partial charge is 0.465 e. The van der Waals surface area contributed by atoms with Gasteiger partial charge in [-0.1, -0.05) is 18.8 Å². The van der Waals surface area contributed by atoms with Crippen molar-refractivity contribution in [3.63, 3.8) is 0 Å². The second kappa shape index (κ2) is 8.75. The van der Waals surface area contributed by atoms with Crippen molar-refractivity contribution in [1.82, 2.24) is 0 Å². The highest BCUT2D eigenvalue weighted by Crippen LogP contribution is 2.37. The third kappa shape index (κ3) is 5.46. The molecule has 4 nitrogen and oxygen atoms in total. The fourth-order valence-corrected chi connectivity index (χ4v) is 4.71. The quantitative estimate of drug-likeness (QED) is 0.247. The monoisotopic (exact) mass is 487 g/mol. The molecule has 0 bridgehead atoms. The summed E-state index contributed by atoms with van der Waals surface area (Å²) in [6.07, 6.45) is 3.98. The van der Waals surface area contributed by atoms with Gasteiger partial charge >= 0.3 is 5.97 Å². The minimum Gasteiger partial charge on any atom is -0.465 e. The first-order valence-electron chi connectivity index (χ1n) is 8.87. The molecule has 1 fully saturated rings. The number of hydrogen-bond acceptors (Lipinski definition) is 4. The molecular formula is C20H26INO3S. The predicted molar refractivity (Wildman–Crippen MR) is 115 cm³/mol. The van der Waals surface area contributed by atoms with E-state index in [1.54, 1.807) is 3.11 Å². The average Bonchev–Trinajstić information content (AvgIpc) is 3.02. The Morgan fingerprint density at radius 1 is 1.27 bits per heavy atom. The van der Waals surface area contributed by atoms with E-state index in [1.165, 1.54) is 18.4 Å². The molecule has 0 atom stereocenters. The Bertz CT molecular complexity index is 730. The average molecular weight is 487 g/mol. The van der Waals surface area contributed by atoms with Crippen molar-refractivity contribution in [3.05, 3.63) is 15.8 Å². The Kier molecular flexibility index (Phi) is 7.14. The first-order valence-corrected chi connectivity index (χ1v) is 10.7. The number of methoxy groups -OCH3 is 1. The maximum absolute atomic E-state index is 12.9. The zero-order valence-corrected chi connectivity index (χ0v) is 19.0. The number of rotatable bonds is 3. The lowest BCUT2D eigenvalue weighted by molar-refractivity contribution is -0.121. The lowest BCUT2D eigenvalue weighted by Gasteiger charge is -2.27. The van der Waals surface area contributed by atoms with Crippen LogP contribution in [-0.2, 0) is 9.53 Å². The minimum atomic E-state index is -0.430. The summed E-state index contributed by atoms with van der Waals surface area (Å²) < 4.78 is 6.49. The van der Waals surface area contributed by atoms with Crippen molar-refractivity contribution in [2.24, 2.45) is 17.3 Å². The maximum atomic E-state index is 12.9. The lowest BCUT2D eigenvalue weighted by atomic mass is 9.82. The topological polar surface area (TPSA) is 46.6 Å². The summed E-state index contributed by atoms with van der Waals surface area (Å²) >= 11 is 3.29. The standard InChI is InChI=1S/C20H26INO3S/c1-13-6-8-14(9-7-13)18(23)22(21)16-12-15(10-11-20(2,3)4)26-17(16)19(24)25-5/h12-14H,6-9H2,1-5H3. The van der Waals surface area contributed by atoms with Gasteiger partial charge in [0.05, 0.1) is 40.5 Å². The highest BCUT2D eigenvalue weighted by atomic mass is 127. The van der Waals surface area contributed by atoms with Crippen LogP contribution in [0.1, 0.15) is 67.9 Å². The van der Waals surface area contributed by atoms with Gasteiger partial charge in [0, 0.05) is 11.3 Å². The number of ether oxygens (including phenoxy) is 1. The number of carbonyl (C=O) groups is 2. The molecule has 2 rings (SSSR count). The number of halogens is 1. The lowest BCUT2D eigenvalue weighted by Crippen LogP contribution is -2.31. The van der Waals surface area contributed by atoms with Gasteiger partial charge in [-0.2, -0.15) is 0 Å². The summed E-state index contributed by atoms with van der Waals surface area (Å²) in [7, 11) is 1.36. The molecular weight excluding hydrogens is 461 g/mol. The molecule has 1 aliphatic carbocycles. The normalized spacial score (nSPS) is 20.1. The van der Waals surface area contributed by atoms with E-state index in [-0.39, 0.29) is 17.2 Å². The van der Waals surface area contributed by atoms with Gasteiger partial charge in [0.1, 0.15) is 4.88 Å². The molecule has 1 heterocycles. The molecule has 1 saturated carbocycles. The Labute approximate surface area is 174 Å². The van der Waals surface area contributed by atoms with Crippen LogP contribution in [0.3, 0.4) is 0 Å². The van der Waals surface area contributed by atoms with E-state index in [2.05, 4.69) is 18.8 Å². The second-order valence-corrected chi connectivity index (χ2v) is 9.91. The van der Waals surface area contributed by atoms with Gasteiger partial charge in [-0.25, -0.2) is 4.79 Å². The highest BCUT2D eigenvalue weighted by molar-refractivity contribution is 14.1. The van der Waals surface area contributed by atoms with Crippen LogP contribution in [0.25, 0.3) is 0 Å². The van der Waals surface area contributed by atoms with Gasteiger partial charge in [-0.3, -0.25) is 7.91 Å². The van der Waals surface area contributed by atoms with Crippen LogP contribution < -0.4 is 3.11 Å². The molecule has 1 amide bonds. The van der Waals surface area contributed by atoms with E-state index < -0.39 is 5.97 Å². The van der Waals surface area contributed by atoms with E-state index in [1.807, 2.05) is 49.7 Å². The van der Waals surface area contributed by atoms with Crippen LogP contribution in [0.4, 0.5) is 5.69 Å². The number of amides is 1. The highest BCUT2D eigenvalue weighted by Gasteiger charge is 2.31. The molecule has 0 saturated heterocycles. The molecule has 1 aromatic rings. The van der Waals surface area contributed by atoms with E-state index in [4.69, 9.17) is 4.74 Å². The van der Waals surface area contributed by atoms with Crippen LogP contribution in [-0.4, -0.2) is 19.0 Å². The van der Waals surface area contributed by atoms with Gasteiger partial charge in [0.25, 0.3) is 0 Å². The van der Waals surface area contributed by atoms with Gasteiger partial charge in [0.2, 0.25) is 5.91 Å².